The molecule has 2 rings (SSSR count). The normalized spacial score (nSPS) is 16.7. The number of likely N-dealkylation sites (tertiary alicyclic amines) is 1. The van der Waals surface area contributed by atoms with Crippen LogP contribution >= 0.6 is 22.6 Å². The van der Waals surface area contributed by atoms with Crippen molar-refractivity contribution in [1.29, 1.82) is 0 Å². The highest BCUT2D eigenvalue weighted by atomic mass is 127. The summed E-state index contributed by atoms with van der Waals surface area (Å²) in [6.45, 7) is 8.20. The van der Waals surface area contributed by atoms with Crippen LogP contribution in [0.25, 0.3) is 0 Å². The van der Waals surface area contributed by atoms with E-state index in [2.05, 4.69) is 57.9 Å². The molecule has 0 aromatic heterocycles. The van der Waals surface area contributed by atoms with Crippen LogP contribution in [0.5, 0.6) is 0 Å². The standard InChI is InChI=1S/C16H25IN2/c1-14-7-5-8-15(16(14)17)13-18-9-6-12-19-10-3-2-4-11-19/h5,7-8,18H,2-4,6,9-13H2,1H3. The van der Waals surface area contributed by atoms with E-state index in [9.17, 15) is 0 Å². The molecule has 1 fully saturated rings. The Kier molecular flexibility index (Phi) is 6.61. The first-order valence-electron chi connectivity index (χ1n) is 7.44. The maximum atomic E-state index is 3.58. The lowest BCUT2D eigenvalue weighted by Crippen LogP contribution is -2.32. The summed E-state index contributed by atoms with van der Waals surface area (Å²) in [4.78, 5) is 2.61. The van der Waals surface area contributed by atoms with E-state index >= 15 is 0 Å². The Bertz CT molecular complexity index is 386. The molecule has 3 heteroatoms. The van der Waals surface area contributed by atoms with Crippen molar-refractivity contribution in [1.82, 2.24) is 10.2 Å². The molecule has 0 radical (unpaired) electrons. The fourth-order valence-corrected chi connectivity index (χ4v) is 3.23. The predicted molar refractivity (Wildman–Crippen MR) is 90.5 cm³/mol. The van der Waals surface area contributed by atoms with Gasteiger partial charge >= 0.3 is 0 Å². The van der Waals surface area contributed by atoms with Gasteiger partial charge in [-0.1, -0.05) is 24.6 Å². The van der Waals surface area contributed by atoms with Crippen molar-refractivity contribution in [2.45, 2.75) is 39.2 Å². The lowest BCUT2D eigenvalue weighted by Gasteiger charge is -2.26. The summed E-state index contributed by atoms with van der Waals surface area (Å²) in [5, 5.41) is 3.58. The number of nitrogens with one attached hydrogen (secondary N) is 1. The van der Waals surface area contributed by atoms with Crippen LogP contribution in [0, 0.1) is 10.5 Å². The van der Waals surface area contributed by atoms with E-state index in [4.69, 9.17) is 0 Å². The molecule has 0 spiro atoms. The average molecular weight is 372 g/mol. The highest BCUT2D eigenvalue weighted by Gasteiger charge is 2.08. The number of aryl methyl sites for hydroxylation is 1. The summed E-state index contributed by atoms with van der Waals surface area (Å²) in [5.74, 6) is 0. The molecule has 0 aliphatic carbocycles. The van der Waals surface area contributed by atoms with Crippen LogP contribution in [-0.2, 0) is 6.54 Å². The van der Waals surface area contributed by atoms with Gasteiger partial charge in [0.25, 0.3) is 0 Å². The first kappa shape index (κ1) is 15.3. The molecular weight excluding hydrogens is 347 g/mol. The van der Waals surface area contributed by atoms with Gasteiger partial charge in [-0.05, 0) is 86.1 Å². The molecule has 1 N–H and O–H groups in total. The Hall–Kier alpha value is -0.130. The van der Waals surface area contributed by atoms with Crippen molar-refractivity contribution in [3.05, 3.63) is 32.9 Å². The van der Waals surface area contributed by atoms with Gasteiger partial charge in [0.1, 0.15) is 0 Å². The molecule has 2 nitrogen and oxygen atoms in total. The summed E-state index contributed by atoms with van der Waals surface area (Å²) >= 11 is 2.45. The smallest absolute Gasteiger partial charge is 0.0216 e. The fraction of sp³-hybridized carbons (Fsp3) is 0.625. The topological polar surface area (TPSA) is 15.3 Å². The minimum Gasteiger partial charge on any atom is -0.313 e. The third kappa shape index (κ3) is 5.04. The zero-order valence-electron chi connectivity index (χ0n) is 11.9. The Morgan fingerprint density at radius 3 is 2.79 bits per heavy atom. The molecule has 1 heterocycles. The van der Waals surface area contributed by atoms with Crippen LogP contribution in [0.1, 0.15) is 36.8 Å². The molecule has 1 aromatic carbocycles. The van der Waals surface area contributed by atoms with Crippen LogP contribution in [0.4, 0.5) is 0 Å². The van der Waals surface area contributed by atoms with E-state index in [1.807, 2.05) is 0 Å². The van der Waals surface area contributed by atoms with Gasteiger partial charge in [-0.15, -0.1) is 0 Å². The molecule has 0 bridgehead atoms. The first-order valence-corrected chi connectivity index (χ1v) is 8.52. The number of benzene rings is 1. The number of nitrogens with zero attached hydrogens (tertiary/aromatic N) is 1. The SMILES string of the molecule is Cc1cccc(CNCCCN2CCCCC2)c1I. The Morgan fingerprint density at radius 1 is 1.21 bits per heavy atom. The molecule has 0 saturated carbocycles. The average Bonchev–Trinajstić information content (AvgIpc) is 2.44. The molecular formula is C16H25IN2. The largest absolute Gasteiger partial charge is 0.313 e. The second-order valence-corrected chi connectivity index (χ2v) is 6.56. The molecule has 19 heavy (non-hydrogen) atoms. The van der Waals surface area contributed by atoms with E-state index in [0.717, 1.165) is 13.1 Å². The predicted octanol–water partition coefficient (Wildman–Crippen LogP) is 3.57. The van der Waals surface area contributed by atoms with Crippen molar-refractivity contribution in [2.75, 3.05) is 26.2 Å². The minimum absolute atomic E-state index is 1.000. The Balaban J connectivity index is 1.62. The quantitative estimate of drug-likeness (QED) is 0.607. The van der Waals surface area contributed by atoms with Crippen molar-refractivity contribution in [3.63, 3.8) is 0 Å². The van der Waals surface area contributed by atoms with Gasteiger partial charge in [-0.2, -0.15) is 0 Å². The summed E-state index contributed by atoms with van der Waals surface area (Å²) in [6.07, 6.45) is 5.49. The molecule has 1 aliphatic rings. The van der Waals surface area contributed by atoms with Crippen LogP contribution in [-0.4, -0.2) is 31.1 Å². The zero-order valence-corrected chi connectivity index (χ0v) is 14.1. The van der Waals surface area contributed by atoms with Gasteiger partial charge in [-0.3, -0.25) is 0 Å². The molecule has 0 atom stereocenters. The number of rotatable bonds is 6. The number of hydrogen-bond donors (Lipinski definition) is 1. The fourth-order valence-electron chi connectivity index (χ4n) is 2.68. The maximum Gasteiger partial charge on any atom is 0.0216 e. The molecule has 1 aliphatic heterocycles. The minimum atomic E-state index is 1.000. The summed E-state index contributed by atoms with van der Waals surface area (Å²) in [5.41, 5.74) is 2.81. The summed E-state index contributed by atoms with van der Waals surface area (Å²) in [6, 6.07) is 6.57. The van der Waals surface area contributed by atoms with Gasteiger partial charge in [0.05, 0.1) is 0 Å². The maximum absolute atomic E-state index is 3.58. The second kappa shape index (κ2) is 8.22. The monoisotopic (exact) mass is 372 g/mol. The van der Waals surface area contributed by atoms with Crippen LogP contribution in [0.3, 0.4) is 0 Å². The van der Waals surface area contributed by atoms with E-state index < -0.39 is 0 Å². The third-order valence-corrected chi connectivity index (χ3v) is 5.41. The van der Waals surface area contributed by atoms with Gasteiger partial charge in [0, 0.05) is 10.1 Å². The molecule has 1 saturated heterocycles. The second-order valence-electron chi connectivity index (χ2n) is 5.48. The number of halogens is 1. The third-order valence-electron chi connectivity index (χ3n) is 3.86. The van der Waals surface area contributed by atoms with E-state index in [1.165, 1.54) is 60.0 Å². The Morgan fingerprint density at radius 2 is 2.00 bits per heavy atom. The summed E-state index contributed by atoms with van der Waals surface area (Å²) in [7, 11) is 0. The van der Waals surface area contributed by atoms with Crippen molar-refractivity contribution < 1.29 is 0 Å². The van der Waals surface area contributed by atoms with Gasteiger partial charge in [0.2, 0.25) is 0 Å². The highest BCUT2D eigenvalue weighted by Crippen LogP contribution is 2.16. The lowest BCUT2D eigenvalue weighted by atomic mass is 10.1. The van der Waals surface area contributed by atoms with E-state index in [-0.39, 0.29) is 0 Å². The number of hydrogen-bond acceptors (Lipinski definition) is 2. The summed E-state index contributed by atoms with van der Waals surface area (Å²) < 4.78 is 1.41. The number of piperidine rings is 1. The van der Waals surface area contributed by atoms with Crippen molar-refractivity contribution in [2.24, 2.45) is 0 Å². The zero-order chi connectivity index (χ0) is 13.5. The highest BCUT2D eigenvalue weighted by molar-refractivity contribution is 14.1. The lowest BCUT2D eigenvalue weighted by molar-refractivity contribution is 0.225. The van der Waals surface area contributed by atoms with Gasteiger partial charge in [-0.25, -0.2) is 0 Å². The molecule has 106 valence electrons. The van der Waals surface area contributed by atoms with Crippen LogP contribution in [0.15, 0.2) is 18.2 Å². The molecule has 1 aromatic rings. The van der Waals surface area contributed by atoms with E-state index in [0.29, 0.717) is 0 Å². The van der Waals surface area contributed by atoms with Crippen LogP contribution in [0.2, 0.25) is 0 Å². The molecule has 0 amide bonds. The molecule has 0 unspecified atom stereocenters. The first-order chi connectivity index (χ1) is 9.27. The van der Waals surface area contributed by atoms with E-state index in [1.54, 1.807) is 0 Å². The van der Waals surface area contributed by atoms with Gasteiger partial charge < -0.3 is 10.2 Å². The van der Waals surface area contributed by atoms with Crippen molar-refractivity contribution >= 4 is 22.6 Å². The Labute approximate surface area is 131 Å². The van der Waals surface area contributed by atoms with Crippen LogP contribution < -0.4 is 5.32 Å². The van der Waals surface area contributed by atoms with Gasteiger partial charge in [0.15, 0.2) is 0 Å². The van der Waals surface area contributed by atoms with Crippen molar-refractivity contribution in [3.8, 4) is 0 Å².